The summed E-state index contributed by atoms with van der Waals surface area (Å²) in [5, 5.41) is 0. The molecule has 1 atom stereocenters. The third kappa shape index (κ3) is 4.04. The first-order valence-corrected chi connectivity index (χ1v) is 8.09. The maximum atomic E-state index is 14.0. The number of anilines is 1. The fourth-order valence-electron chi connectivity index (χ4n) is 2.80. The van der Waals surface area contributed by atoms with Gasteiger partial charge in [0, 0.05) is 64.1 Å². The zero-order valence-electron chi connectivity index (χ0n) is 14.6. The summed E-state index contributed by atoms with van der Waals surface area (Å²) in [5.41, 5.74) is 1.37. The molecule has 0 spiro atoms. The van der Waals surface area contributed by atoms with Gasteiger partial charge in [-0.1, -0.05) is 0 Å². The van der Waals surface area contributed by atoms with Gasteiger partial charge < -0.3 is 14.5 Å². The molecule has 0 saturated carbocycles. The lowest BCUT2D eigenvalue weighted by molar-refractivity contribution is -0.126. The molecule has 25 heavy (non-hydrogen) atoms. The summed E-state index contributed by atoms with van der Waals surface area (Å²) in [5.74, 6) is 0.891. The fraction of sp³-hybridized carbons (Fsp3) is 0.389. The third-order valence-corrected chi connectivity index (χ3v) is 4.15. The van der Waals surface area contributed by atoms with Gasteiger partial charge in [0.15, 0.2) is 0 Å². The minimum Gasteiger partial charge on any atom is -0.493 e. The number of nitrogens with zero attached hydrogens (tertiary/aromatic N) is 4. The molecule has 1 aromatic heterocycles. The van der Waals surface area contributed by atoms with Crippen LogP contribution in [0.15, 0.2) is 30.6 Å². The van der Waals surface area contributed by atoms with E-state index in [1.165, 1.54) is 12.1 Å². The highest BCUT2D eigenvalue weighted by Gasteiger charge is 2.27. The van der Waals surface area contributed by atoms with E-state index in [4.69, 9.17) is 4.74 Å². The molecule has 3 rings (SSSR count). The first-order chi connectivity index (χ1) is 11.9. The molecule has 7 heteroatoms. The predicted molar refractivity (Wildman–Crippen MR) is 93.0 cm³/mol. The number of carbonyl (C=O) groups is 1. The molecule has 2 heterocycles. The van der Waals surface area contributed by atoms with Crippen LogP contribution in [0.3, 0.4) is 0 Å². The standard InChI is InChI=1S/C18H21FN4O2/c1-22(2)18-20-8-14(9-21-18)13-5-15(19)7-16(6-13)25-11-12-4-17(24)23(3)10-12/h5-9,12H,4,10-11H2,1-3H3. The monoisotopic (exact) mass is 344 g/mol. The Balaban J connectivity index is 1.73. The van der Waals surface area contributed by atoms with Gasteiger partial charge >= 0.3 is 0 Å². The molecule has 1 aromatic carbocycles. The Bertz CT molecular complexity index is 764. The molecule has 0 bridgehead atoms. The van der Waals surface area contributed by atoms with Crippen molar-refractivity contribution in [2.75, 3.05) is 39.2 Å². The molecular formula is C18H21FN4O2. The van der Waals surface area contributed by atoms with Crippen LogP contribution in [-0.4, -0.2) is 55.1 Å². The predicted octanol–water partition coefficient (Wildman–Crippen LogP) is 2.21. The number of rotatable bonds is 5. The molecule has 2 aromatic rings. The Hall–Kier alpha value is -2.70. The quantitative estimate of drug-likeness (QED) is 0.832. The lowest BCUT2D eigenvalue weighted by Gasteiger charge is -2.13. The maximum Gasteiger partial charge on any atom is 0.224 e. The average molecular weight is 344 g/mol. The van der Waals surface area contributed by atoms with Crippen molar-refractivity contribution in [1.29, 1.82) is 0 Å². The van der Waals surface area contributed by atoms with Crippen molar-refractivity contribution < 1.29 is 13.9 Å². The van der Waals surface area contributed by atoms with Crippen LogP contribution in [0.1, 0.15) is 6.42 Å². The van der Waals surface area contributed by atoms with E-state index in [0.29, 0.717) is 42.4 Å². The van der Waals surface area contributed by atoms with Crippen molar-refractivity contribution in [2.45, 2.75) is 6.42 Å². The van der Waals surface area contributed by atoms with Gasteiger partial charge in [-0.05, 0) is 17.7 Å². The van der Waals surface area contributed by atoms with E-state index >= 15 is 0 Å². The highest BCUT2D eigenvalue weighted by Crippen LogP contribution is 2.26. The van der Waals surface area contributed by atoms with Crippen LogP contribution >= 0.6 is 0 Å². The lowest BCUT2D eigenvalue weighted by Crippen LogP contribution is -2.20. The van der Waals surface area contributed by atoms with Crippen LogP contribution in [0.2, 0.25) is 0 Å². The molecule has 0 aliphatic carbocycles. The van der Waals surface area contributed by atoms with Crippen LogP contribution < -0.4 is 9.64 Å². The largest absolute Gasteiger partial charge is 0.493 e. The van der Waals surface area contributed by atoms with Gasteiger partial charge in [0.1, 0.15) is 11.6 Å². The second-order valence-electron chi connectivity index (χ2n) is 6.50. The van der Waals surface area contributed by atoms with Crippen LogP contribution in [0, 0.1) is 11.7 Å². The first kappa shape index (κ1) is 17.1. The number of benzene rings is 1. The van der Waals surface area contributed by atoms with Crippen molar-refractivity contribution in [2.24, 2.45) is 5.92 Å². The number of carbonyl (C=O) groups excluding carboxylic acids is 1. The molecule has 1 aliphatic rings. The Morgan fingerprint density at radius 1 is 1.24 bits per heavy atom. The molecule has 1 amide bonds. The van der Waals surface area contributed by atoms with Crippen molar-refractivity contribution >= 4 is 11.9 Å². The second-order valence-corrected chi connectivity index (χ2v) is 6.50. The molecular weight excluding hydrogens is 323 g/mol. The highest BCUT2D eigenvalue weighted by atomic mass is 19.1. The maximum absolute atomic E-state index is 14.0. The minimum atomic E-state index is -0.385. The van der Waals surface area contributed by atoms with Gasteiger partial charge in [0.05, 0.1) is 6.61 Å². The normalized spacial score (nSPS) is 17.0. The van der Waals surface area contributed by atoms with Crippen molar-refractivity contribution in [1.82, 2.24) is 14.9 Å². The molecule has 1 saturated heterocycles. The number of hydrogen-bond donors (Lipinski definition) is 0. The fourth-order valence-corrected chi connectivity index (χ4v) is 2.80. The summed E-state index contributed by atoms with van der Waals surface area (Å²) in [6.07, 6.45) is 3.79. The number of amides is 1. The Morgan fingerprint density at radius 2 is 1.96 bits per heavy atom. The Kier molecular flexibility index (Phi) is 4.83. The number of hydrogen-bond acceptors (Lipinski definition) is 5. The lowest BCUT2D eigenvalue weighted by atomic mass is 10.1. The van der Waals surface area contributed by atoms with Crippen LogP contribution in [0.4, 0.5) is 10.3 Å². The summed E-state index contributed by atoms with van der Waals surface area (Å²) in [4.78, 5) is 23.5. The van der Waals surface area contributed by atoms with Crippen LogP contribution in [0.25, 0.3) is 11.1 Å². The molecule has 1 fully saturated rings. The number of halogens is 1. The van der Waals surface area contributed by atoms with Gasteiger partial charge in [-0.25, -0.2) is 14.4 Å². The summed E-state index contributed by atoms with van der Waals surface area (Å²) >= 11 is 0. The SMILES string of the molecule is CN1CC(COc2cc(F)cc(-c3cnc(N(C)C)nc3)c2)CC1=O. The van der Waals surface area contributed by atoms with Crippen molar-refractivity contribution in [3.05, 3.63) is 36.4 Å². The minimum absolute atomic E-state index is 0.117. The van der Waals surface area contributed by atoms with E-state index in [2.05, 4.69) is 9.97 Å². The zero-order valence-corrected chi connectivity index (χ0v) is 14.6. The van der Waals surface area contributed by atoms with E-state index in [0.717, 1.165) is 0 Å². The highest BCUT2D eigenvalue weighted by molar-refractivity contribution is 5.78. The topological polar surface area (TPSA) is 58.6 Å². The smallest absolute Gasteiger partial charge is 0.224 e. The number of aromatic nitrogens is 2. The molecule has 1 unspecified atom stereocenters. The van der Waals surface area contributed by atoms with Gasteiger partial charge in [-0.15, -0.1) is 0 Å². The molecule has 1 aliphatic heterocycles. The second kappa shape index (κ2) is 7.04. The van der Waals surface area contributed by atoms with E-state index < -0.39 is 0 Å². The van der Waals surface area contributed by atoms with Gasteiger partial charge in [-0.2, -0.15) is 0 Å². The van der Waals surface area contributed by atoms with Crippen molar-refractivity contribution in [3.63, 3.8) is 0 Å². The first-order valence-electron chi connectivity index (χ1n) is 8.09. The molecule has 6 nitrogen and oxygen atoms in total. The molecule has 132 valence electrons. The van der Waals surface area contributed by atoms with Gasteiger partial charge in [-0.3, -0.25) is 4.79 Å². The van der Waals surface area contributed by atoms with Gasteiger partial charge in [0.2, 0.25) is 11.9 Å². The van der Waals surface area contributed by atoms with E-state index in [9.17, 15) is 9.18 Å². The molecule has 0 radical (unpaired) electrons. The Labute approximate surface area is 146 Å². The number of ether oxygens (including phenoxy) is 1. The third-order valence-electron chi connectivity index (χ3n) is 4.15. The summed E-state index contributed by atoms with van der Waals surface area (Å²) in [6, 6.07) is 4.53. The Morgan fingerprint density at radius 3 is 2.56 bits per heavy atom. The van der Waals surface area contributed by atoms with E-state index in [-0.39, 0.29) is 17.6 Å². The zero-order chi connectivity index (χ0) is 18.0. The van der Waals surface area contributed by atoms with Crippen LogP contribution in [0.5, 0.6) is 5.75 Å². The van der Waals surface area contributed by atoms with Crippen molar-refractivity contribution in [3.8, 4) is 16.9 Å². The summed E-state index contributed by atoms with van der Waals surface area (Å²) in [7, 11) is 5.49. The molecule has 0 N–H and O–H groups in total. The summed E-state index contributed by atoms with van der Waals surface area (Å²) in [6.45, 7) is 1.05. The van der Waals surface area contributed by atoms with E-state index in [1.54, 1.807) is 35.3 Å². The summed E-state index contributed by atoms with van der Waals surface area (Å²) < 4.78 is 19.7. The average Bonchev–Trinajstić information content (AvgIpc) is 2.91. The van der Waals surface area contributed by atoms with Crippen LogP contribution in [-0.2, 0) is 4.79 Å². The van der Waals surface area contributed by atoms with E-state index in [1.807, 2.05) is 14.1 Å². The number of likely N-dealkylation sites (tertiary alicyclic amines) is 1. The van der Waals surface area contributed by atoms with Gasteiger partial charge in [0.25, 0.3) is 0 Å².